The molecule has 0 aliphatic carbocycles. The molecule has 1 saturated heterocycles. The van der Waals surface area contributed by atoms with E-state index in [1.807, 2.05) is 18.2 Å². The van der Waals surface area contributed by atoms with Crippen molar-refractivity contribution in [1.82, 2.24) is 9.62 Å². The molecule has 0 saturated carbocycles. The van der Waals surface area contributed by atoms with Crippen LogP contribution in [0, 0.1) is 5.92 Å². The maximum atomic E-state index is 13.3. The summed E-state index contributed by atoms with van der Waals surface area (Å²) in [6.45, 7) is 1.18. The zero-order valence-corrected chi connectivity index (χ0v) is 19.6. The molecule has 2 aromatic rings. The van der Waals surface area contributed by atoms with Crippen molar-refractivity contribution in [3.05, 3.63) is 59.7 Å². The molecule has 0 bridgehead atoms. The number of nitrogens with zero attached hydrogens (tertiary/aromatic N) is 1. The Labute approximate surface area is 195 Å². The molecule has 8 heteroatoms. The third-order valence-corrected chi connectivity index (χ3v) is 8.24. The molecular weight excluding hydrogens is 438 g/mol. The van der Waals surface area contributed by atoms with E-state index in [9.17, 15) is 18.0 Å². The number of nitrogens with one attached hydrogen (secondary N) is 2. The fourth-order valence-corrected chi connectivity index (χ4v) is 6.10. The Morgan fingerprint density at radius 2 is 1.91 bits per heavy atom. The second kappa shape index (κ2) is 10.5. The zero-order chi connectivity index (χ0) is 23.3. The number of anilines is 1. The van der Waals surface area contributed by atoms with Crippen LogP contribution in [0.4, 0.5) is 5.69 Å². The Bertz CT molecular complexity index is 1100. The van der Waals surface area contributed by atoms with Gasteiger partial charge in [0.05, 0.1) is 10.8 Å². The van der Waals surface area contributed by atoms with Gasteiger partial charge < -0.3 is 10.6 Å². The van der Waals surface area contributed by atoms with Crippen LogP contribution in [-0.2, 0) is 32.5 Å². The Hall–Kier alpha value is -2.71. The molecule has 2 aromatic carbocycles. The summed E-state index contributed by atoms with van der Waals surface area (Å²) in [4.78, 5) is 24.7. The number of carbonyl (C=O) groups is 2. The number of amides is 2. The monoisotopic (exact) mass is 469 g/mol. The average molecular weight is 470 g/mol. The maximum absolute atomic E-state index is 13.3. The fraction of sp³-hybridized carbons (Fsp3) is 0.440. The lowest BCUT2D eigenvalue weighted by atomic mass is 9.99. The second-order valence-corrected chi connectivity index (χ2v) is 10.7. The summed E-state index contributed by atoms with van der Waals surface area (Å²) in [7, 11) is -3.71. The summed E-state index contributed by atoms with van der Waals surface area (Å²) >= 11 is 0. The number of benzene rings is 2. The van der Waals surface area contributed by atoms with Crippen molar-refractivity contribution in [3.63, 3.8) is 0 Å². The number of rotatable bonds is 7. The largest absolute Gasteiger partial charge is 0.356 e. The van der Waals surface area contributed by atoms with E-state index in [0.717, 1.165) is 18.4 Å². The zero-order valence-electron chi connectivity index (χ0n) is 18.8. The minimum absolute atomic E-state index is 0.0435. The van der Waals surface area contributed by atoms with Crippen molar-refractivity contribution in [2.45, 2.75) is 49.8 Å². The first-order valence-corrected chi connectivity index (χ1v) is 13.1. The molecule has 2 N–H and O–H groups in total. The Balaban J connectivity index is 1.35. The number of carbonyl (C=O) groups excluding carboxylic acids is 2. The van der Waals surface area contributed by atoms with Gasteiger partial charge in [0.1, 0.15) is 0 Å². The lowest BCUT2D eigenvalue weighted by molar-refractivity contribution is -0.126. The molecule has 0 aromatic heterocycles. The lowest BCUT2D eigenvalue weighted by Gasteiger charge is -2.31. The minimum atomic E-state index is -3.71. The molecule has 176 valence electrons. The third-order valence-electron chi connectivity index (χ3n) is 6.38. The number of piperidine rings is 1. The molecular formula is C25H31N3O4S. The van der Waals surface area contributed by atoms with Gasteiger partial charge in [-0.2, -0.15) is 4.31 Å². The number of hydrogen-bond acceptors (Lipinski definition) is 4. The van der Waals surface area contributed by atoms with Gasteiger partial charge >= 0.3 is 0 Å². The highest BCUT2D eigenvalue weighted by Crippen LogP contribution is 2.29. The molecule has 1 fully saturated rings. The molecule has 0 radical (unpaired) electrons. The minimum Gasteiger partial charge on any atom is -0.356 e. The van der Waals surface area contributed by atoms with Crippen molar-refractivity contribution in [1.29, 1.82) is 0 Å². The molecule has 1 atom stereocenters. The van der Waals surface area contributed by atoms with Crippen LogP contribution in [-0.4, -0.2) is 44.2 Å². The first-order valence-electron chi connectivity index (χ1n) is 11.7. The van der Waals surface area contributed by atoms with Crippen molar-refractivity contribution < 1.29 is 18.0 Å². The summed E-state index contributed by atoms with van der Waals surface area (Å²) in [6, 6.07) is 15.0. The molecule has 4 rings (SSSR count). The molecule has 0 unspecified atom stereocenters. The predicted octanol–water partition coefficient (Wildman–Crippen LogP) is 3.11. The Morgan fingerprint density at radius 3 is 2.73 bits per heavy atom. The predicted molar refractivity (Wildman–Crippen MR) is 127 cm³/mol. The SMILES string of the molecule is O=C1CCCc2cc(S(=O)(=O)N3CCC[C@@H](C(=O)NCCCc4ccccc4)C3)ccc2N1. The van der Waals surface area contributed by atoms with Gasteiger partial charge in [-0.3, -0.25) is 9.59 Å². The van der Waals surface area contributed by atoms with Crippen molar-refractivity contribution in [2.24, 2.45) is 5.92 Å². The lowest BCUT2D eigenvalue weighted by Crippen LogP contribution is -2.45. The van der Waals surface area contributed by atoms with Crippen LogP contribution in [0.25, 0.3) is 0 Å². The van der Waals surface area contributed by atoms with E-state index in [2.05, 4.69) is 22.8 Å². The van der Waals surface area contributed by atoms with Gasteiger partial charge in [0.2, 0.25) is 21.8 Å². The highest BCUT2D eigenvalue weighted by atomic mass is 32.2. The van der Waals surface area contributed by atoms with Crippen LogP contribution in [0.5, 0.6) is 0 Å². The van der Waals surface area contributed by atoms with E-state index < -0.39 is 10.0 Å². The van der Waals surface area contributed by atoms with Crippen LogP contribution < -0.4 is 10.6 Å². The van der Waals surface area contributed by atoms with E-state index in [1.54, 1.807) is 18.2 Å². The highest BCUT2D eigenvalue weighted by molar-refractivity contribution is 7.89. The van der Waals surface area contributed by atoms with E-state index in [1.165, 1.54) is 9.87 Å². The van der Waals surface area contributed by atoms with Crippen molar-refractivity contribution in [2.75, 3.05) is 25.0 Å². The summed E-state index contributed by atoms with van der Waals surface area (Å²) in [5.41, 5.74) is 2.76. The van der Waals surface area contributed by atoms with Crippen LogP contribution in [0.15, 0.2) is 53.4 Å². The first-order chi connectivity index (χ1) is 15.9. The van der Waals surface area contributed by atoms with Gasteiger partial charge in [-0.05, 0) is 67.9 Å². The van der Waals surface area contributed by atoms with Crippen LogP contribution in [0.1, 0.15) is 43.2 Å². The van der Waals surface area contributed by atoms with Crippen molar-refractivity contribution >= 4 is 27.5 Å². The Morgan fingerprint density at radius 1 is 1.09 bits per heavy atom. The van der Waals surface area contributed by atoms with Gasteiger partial charge in [-0.15, -0.1) is 0 Å². The second-order valence-electron chi connectivity index (χ2n) is 8.80. The van der Waals surface area contributed by atoms with Crippen LogP contribution in [0.2, 0.25) is 0 Å². The van der Waals surface area contributed by atoms with Gasteiger partial charge in [-0.25, -0.2) is 8.42 Å². The third kappa shape index (κ3) is 5.81. The number of aryl methyl sites for hydroxylation is 2. The van der Waals surface area contributed by atoms with Crippen LogP contribution >= 0.6 is 0 Å². The summed E-state index contributed by atoms with van der Waals surface area (Å²) < 4.78 is 28.1. The van der Waals surface area contributed by atoms with Crippen LogP contribution in [0.3, 0.4) is 0 Å². The molecule has 2 amide bonds. The summed E-state index contributed by atoms with van der Waals surface area (Å²) in [5.74, 6) is -0.462. The first kappa shape index (κ1) is 23.4. The number of hydrogen-bond donors (Lipinski definition) is 2. The summed E-state index contributed by atoms with van der Waals surface area (Å²) in [6.07, 6.45) is 4.87. The summed E-state index contributed by atoms with van der Waals surface area (Å²) in [5, 5.41) is 5.82. The van der Waals surface area contributed by atoms with Gasteiger partial charge in [-0.1, -0.05) is 30.3 Å². The molecule has 7 nitrogen and oxygen atoms in total. The molecule has 2 aliphatic heterocycles. The molecule has 0 spiro atoms. The van der Waals surface area contributed by atoms with E-state index in [4.69, 9.17) is 0 Å². The number of sulfonamides is 1. The quantitative estimate of drug-likeness (QED) is 0.609. The highest BCUT2D eigenvalue weighted by Gasteiger charge is 2.33. The fourth-order valence-electron chi connectivity index (χ4n) is 4.53. The molecule has 33 heavy (non-hydrogen) atoms. The topological polar surface area (TPSA) is 95.6 Å². The van der Waals surface area contributed by atoms with Crippen molar-refractivity contribution in [3.8, 4) is 0 Å². The Kier molecular flexibility index (Phi) is 7.45. The smallest absolute Gasteiger partial charge is 0.243 e. The number of fused-ring (bicyclic) bond motifs is 1. The van der Waals surface area contributed by atoms with E-state index >= 15 is 0 Å². The normalized spacial score (nSPS) is 19.3. The van der Waals surface area contributed by atoms with Gasteiger partial charge in [0, 0.05) is 31.7 Å². The van der Waals surface area contributed by atoms with E-state index in [-0.39, 0.29) is 29.2 Å². The van der Waals surface area contributed by atoms with Gasteiger partial charge in [0.25, 0.3) is 0 Å². The van der Waals surface area contributed by atoms with Gasteiger partial charge in [0.15, 0.2) is 0 Å². The van der Waals surface area contributed by atoms with E-state index in [0.29, 0.717) is 50.9 Å². The molecule has 2 aliphatic rings. The average Bonchev–Trinajstić information content (AvgIpc) is 3.02. The standard InChI is InChI=1S/C25H31N3O4S/c29-24-12-4-10-20-17-22(13-14-23(20)27-24)33(31,32)28-16-6-11-21(18-28)25(30)26-15-5-9-19-7-2-1-3-8-19/h1-3,7-8,13-14,17,21H,4-6,9-12,15-16,18H2,(H,26,30)(H,27,29)/t21-/m1/s1. The maximum Gasteiger partial charge on any atom is 0.243 e. The molecule has 2 heterocycles.